The lowest BCUT2D eigenvalue weighted by molar-refractivity contribution is 1.24. The third-order valence-corrected chi connectivity index (χ3v) is 1.95. The lowest BCUT2D eigenvalue weighted by Gasteiger charge is -1.99. The maximum absolute atomic E-state index is 4.29. The van der Waals surface area contributed by atoms with Gasteiger partial charge < -0.3 is 0 Å². The van der Waals surface area contributed by atoms with E-state index in [4.69, 9.17) is 0 Å². The predicted molar refractivity (Wildman–Crippen MR) is 57.6 cm³/mol. The van der Waals surface area contributed by atoms with Crippen molar-refractivity contribution in [1.82, 2.24) is 9.97 Å². The Morgan fingerprint density at radius 2 is 1.86 bits per heavy atom. The molecule has 0 aliphatic heterocycles. The van der Waals surface area contributed by atoms with E-state index in [-0.39, 0.29) is 0 Å². The molecule has 0 bridgehead atoms. The highest BCUT2D eigenvalue weighted by Crippen LogP contribution is 2.13. The van der Waals surface area contributed by atoms with Gasteiger partial charge in [-0.3, -0.25) is 9.97 Å². The molecule has 2 aromatic heterocycles. The summed E-state index contributed by atoms with van der Waals surface area (Å²) in [6, 6.07) is 9.70. The van der Waals surface area contributed by atoms with E-state index in [0.29, 0.717) is 0 Å². The first kappa shape index (κ1) is 8.63. The first-order valence-corrected chi connectivity index (χ1v) is 4.40. The molecule has 0 fully saturated rings. The minimum atomic E-state index is 0.885. The first-order chi connectivity index (χ1) is 6.90. The fourth-order valence-electron chi connectivity index (χ4n) is 1.19. The van der Waals surface area contributed by atoms with Gasteiger partial charge in [0, 0.05) is 12.4 Å². The van der Waals surface area contributed by atoms with Crippen LogP contribution in [0.5, 0.6) is 0 Å². The Balaban J connectivity index is 2.39. The molecule has 0 unspecified atom stereocenters. The summed E-state index contributed by atoms with van der Waals surface area (Å²) in [5.74, 6) is 0. The average molecular weight is 182 g/mol. The summed E-state index contributed by atoms with van der Waals surface area (Å²) in [4.78, 5) is 8.50. The summed E-state index contributed by atoms with van der Waals surface area (Å²) in [6.45, 7) is 3.68. The van der Waals surface area contributed by atoms with E-state index < -0.39 is 0 Å². The van der Waals surface area contributed by atoms with E-state index in [2.05, 4.69) is 16.5 Å². The molecule has 0 aliphatic rings. The van der Waals surface area contributed by atoms with Crippen LogP contribution in [0.3, 0.4) is 0 Å². The van der Waals surface area contributed by atoms with Crippen LogP contribution in [-0.2, 0) is 0 Å². The summed E-state index contributed by atoms with van der Waals surface area (Å²) in [7, 11) is 0. The molecule has 14 heavy (non-hydrogen) atoms. The number of pyridine rings is 2. The zero-order valence-corrected chi connectivity index (χ0v) is 7.72. The van der Waals surface area contributed by atoms with Crippen LogP contribution in [0.2, 0.25) is 0 Å². The highest BCUT2D eigenvalue weighted by atomic mass is 14.8. The van der Waals surface area contributed by atoms with Crippen LogP contribution in [0.4, 0.5) is 0 Å². The molecular weight excluding hydrogens is 172 g/mol. The molecule has 0 atom stereocenters. The predicted octanol–water partition coefficient (Wildman–Crippen LogP) is 2.79. The van der Waals surface area contributed by atoms with Crippen molar-refractivity contribution in [2.45, 2.75) is 0 Å². The molecule has 0 saturated heterocycles. The van der Waals surface area contributed by atoms with Gasteiger partial charge in [0.15, 0.2) is 0 Å². The topological polar surface area (TPSA) is 25.8 Å². The molecule has 0 radical (unpaired) electrons. The van der Waals surface area contributed by atoms with Crippen LogP contribution in [-0.4, -0.2) is 9.97 Å². The summed E-state index contributed by atoms with van der Waals surface area (Å²) >= 11 is 0. The minimum Gasteiger partial charge on any atom is -0.255 e. The highest BCUT2D eigenvalue weighted by molar-refractivity contribution is 5.56. The first-order valence-electron chi connectivity index (χ1n) is 4.40. The molecular formula is C12H10N2. The van der Waals surface area contributed by atoms with Crippen molar-refractivity contribution in [3.63, 3.8) is 0 Å². The van der Waals surface area contributed by atoms with Crippen LogP contribution in [0.25, 0.3) is 17.5 Å². The fraction of sp³-hybridized carbons (Fsp3) is 0. The molecule has 0 spiro atoms. The maximum Gasteiger partial charge on any atom is 0.0886 e. The maximum atomic E-state index is 4.29. The van der Waals surface area contributed by atoms with Crippen LogP contribution >= 0.6 is 0 Å². The molecule has 0 aliphatic carbocycles. The van der Waals surface area contributed by atoms with E-state index in [1.165, 1.54) is 0 Å². The quantitative estimate of drug-likeness (QED) is 0.713. The van der Waals surface area contributed by atoms with Gasteiger partial charge in [0.25, 0.3) is 0 Å². The number of rotatable bonds is 2. The van der Waals surface area contributed by atoms with Gasteiger partial charge in [0.1, 0.15) is 0 Å². The molecule has 0 amide bonds. The Morgan fingerprint density at radius 3 is 2.43 bits per heavy atom. The van der Waals surface area contributed by atoms with Crippen molar-refractivity contribution in [3.05, 3.63) is 54.9 Å². The molecule has 0 aromatic carbocycles. The molecule has 2 aromatic rings. The highest BCUT2D eigenvalue weighted by Gasteiger charge is 1.97. The SMILES string of the molecule is C=Cc1ccc(-c2ccccn2)nc1. The summed E-state index contributed by atoms with van der Waals surface area (Å²) in [5, 5.41) is 0. The molecule has 0 saturated carbocycles. The van der Waals surface area contributed by atoms with Crippen molar-refractivity contribution in [2.24, 2.45) is 0 Å². The fourth-order valence-corrected chi connectivity index (χ4v) is 1.19. The van der Waals surface area contributed by atoms with Crippen molar-refractivity contribution >= 4 is 6.08 Å². The molecule has 0 N–H and O–H groups in total. The zero-order valence-electron chi connectivity index (χ0n) is 7.72. The van der Waals surface area contributed by atoms with Gasteiger partial charge in [0.05, 0.1) is 11.4 Å². The van der Waals surface area contributed by atoms with Gasteiger partial charge in [-0.05, 0) is 23.8 Å². The lowest BCUT2D eigenvalue weighted by atomic mass is 10.2. The second-order valence-electron chi connectivity index (χ2n) is 2.90. The van der Waals surface area contributed by atoms with E-state index in [1.54, 1.807) is 18.5 Å². The Kier molecular flexibility index (Phi) is 2.36. The minimum absolute atomic E-state index is 0.885. The zero-order chi connectivity index (χ0) is 9.80. The third-order valence-electron chi connectivity index (χ3n) is 1.95. The Hall–Kier alpha value is -1.96. The van der Waals surface area contributed by atoms with Crippen molar-refractivity contribution in [1.29, 1.82) is 0 Å². The second-order valence-corrected chi connectivity index (χ2v) is 2.90. The number of hydrogen-bond acceptors (Lipinski definition) is 2. The summed E-state index contributed by atoms with van der Waals surface area (Å²) < 4.78 is 0. The van der Waals surface area contributed by atoms with Crippen LogP contribution < -0.4 is 0 Å². The largest absolute Gasteiger partial charge is 0.255 e. The van der Waals surface area contributed by atoms with E-state index in [1.807, 2.05) is 30.3 Å². The van der Waals surface area contributed by atoms with Gasteiger partial charge in [-0.1, -0.05) is 24.8 Å². The van der Waals surface area contributed by atoms with Gasteiger partial charge in [0.2, 0.25) is 0 Å². The Bertz CT molecular complexity index is 418. The molecule has 68 valence electrons. The van der Waals surface area contributed by atoms with Crippen LogP contribution in [0.1, 0.15) is 5.56 Å². The summed E-state index contributed by atoms with van der Waals surface area (Å²) in [6.07, 6.45) is 5.32. The van der Waals surface area contributed by atoms with Gasteiger partial charge in [-0.2, -0.15) is 0 Å². The molecule has 2 heterocycles. The number of nitrogens with zero attached hydrogens (tertiary/aromatic N) is 2. The van der Waals surface area contributed by atoms with E-state index >= 15 is 0 Å². The van der Waals surface area contributed by atoms with Crippen LogP contribution in [0.15, 0.2) is 49.3 Å². The Morgan fingerprint density at radius 1 is 1.00 bits per heavy atom. The number of hydrogen-bond donors (Lipinski definition) is 0. The summed E-state index contributed by atoms with van der Waals surface area (Å²) in [5.41, 5.74) is 2.80. The standard InChI is InChI=1S/C12H10N2/c1-2-10-6-7-12(14-9-10)11-5-3-4-8-13-11/h2-9H,1H2. The normalized spacial score (nSPS) is 9.71. The van der Waals surface area contributed by atoms with Gasteiger partial charge in [-0.25, -0.2) is 0 Å². The Labute approximate surface area is 83.0 Å². The third kappa shape index (κ3) is 1.69. The van der Waals surface area contributed by atoms with Crippen molar-refractivity contribution in [2.75, 3.05) is 0 Å². The van der Waals surface area contributed by atoms with Crippen molar-refractivity contribution in [3.8, 4) is 11.4 Å². The lowest BCUT2D eigenvalue weighted by Crippen LogP contribution is -1.86. The van der Waals surface area contributed by atoms with Gasteiger partial charge >= 0.3 is 0 Å². The van der Waals surface area contributed by atoms with E-state index in [9.17, 15) is 0 Å². The molecule has 2 nitrogen and oxygen atoms in total. The monoisotopic (exact) mass is 182 g/mol. The van der Waals surface area contributed by atoms with E-state index in [0.717, 1.165) is 17.0 Å². The number of aromatic nitrogens is 2. The molecule has 2 rings (SSSR count). The smallest absolute Gasteiger partial charge is 0.0886 e. The van der Waals surface area contributed by atoms with Gasteiger partial charge in [-0.15, -0.1) is 0 Å². The molecule has 2 heteroatoms. The van der Waals surface area contributed by atoms with Crippen molar-refractivity contribution < 1.29 is 0 Å². The second kappa shape index (κ2) is 3.83. The average Bonchev–Trinajstić information content (AvgIpc) is 2.30. The van der Waals surface area contributed by atoms with Crippen LogP contribution in [0, 0.1) is 0 Å².